The molecular weight excluding hydrogens is 392 g/mol. The fourth-order valence-corrected chi connectivity index (χ4v) is 2.71. The minimum atomic E-state index is -0.139. The highest BCUT2D eigenvalue weighted by molar-refractivity contribution is 14.0. The number of halogens is 2. The zero-order valence-electron chi connectivity index (χ0n) is 14.1. The first-order chi connectivity index (χ1) is 9.79. The van der Waals surface area contributed by atoms with E-state index >= 15 is 0 Å². The second-order valence-corrected chi connectivity index (χ2v) is 6.84. The van der Waals surface area contributed by atoms with Gasteiger partial charge in [0, 0.05) is 31.1 Å². The Morgan fingerprint density at radius 2 is 1.91 bits per heavy atom. The van der Waals surface area contributed by atoms with Gasteiger partial charge in [-0.2, -0.15) is 0 Å². The molecule has 5 heteroatoms. The molecule has 0 saturated carbocycles. The van der Waals surface area contributed by atoms with Gasteiger partial charge < -0.3 is 10.2 Å². The lowest BCUT2D eigenvalue weighted by atomic mass is 9.65. The second-order valence-electron chi connectivity index (χ2n) is 6.84. The Labute approximate surface area is 150 Å². The number of aliphatic imine (C=N–C) groups is 1. The van der Waals surface area contributed by atoms with Crippen LogP contribution in [0.4, 0.5) is 4.39 Å². The van der Waals surface area contributed by atoms with Crippen molar-refractivity contribution in [1.29, 1.82) is 0 Å². The second kappa shape index (κ2) is 7.15. The van der Waals surface area contributed by atoms with Crippen LogP contribution >= 0.6 is 24.0 Å². The lowest BCUT2D eigenvalue weighted by Crippen LogP contribution is -2.72. The predicted molar refractivity (Wildman–Crippen MR) is 101 cm³/mol. The summed E-state index contributed by atoms with van der Waals surface area (Å²) in [5, 5.41) is 3.35. The van der Waals surface area contributed by atoms with Crippen LogP contribution in [0.25, 0.3) is 0 Å². The maximum absolute atomic E-state index is 13.6. The van der Waals surface area contributed by atoms with Crippen molar-refractivity contribution in [2.75, 3.05) is 20.1 Å². The van der Waals surface area contributed by atoms with Crippen LogP contribution in [0.3, 0.4) is 0 Å². The molecule has 0 radical (unpaired) electrons. The van der Waals surface area contributed by atoms with E-state index in [1.165, 1.54) is 6.07 Å². The maximum atomic E-state index is 13.6. The van der Waals surface area contributed by atoms with Crippen LogP contribution in [0.1, 0.15) is 33.3 Å². The quantitative estimate of drug-likeness (QED) is 0.460. The molecule has 1 aliphatic rings. The van der Waals surface area contributed by atoms with Gasteiger partial charge in [-0.05, 0) is 31.9 Å². The van der Waals surface area contributed by atoms with Gasteiger partial charge in [0.2, 0.25) is 0 Å². The summed E-state index contributed by atoms with van der Waals surface area (Å²) in [5.74, 6) is 0.760. The van der Waals surface area contributed by atoms with Crippen molar-refractivity contribution in [1.82, 2.24) is 10.2 Å². The molecule has 0 atom stereocenters. The molecule has 3 nitrogen and oxygen atoms in total. The average Bonchev–Trinajstić information content (AvgIpc) is 2.43. The van der Waals surface area contributed by atoms with Crippen LogP contribution in [-0.4, -0.2) is 36.5 Å². The molecule has 1 fully saturated rings. The summed E-state index contributed by atoms with van der Waals surface area (Å²) in [6, 6.07) is 6.92. The third-order valence-corrected chi connectivity index (χ3v) is 4.99. The first-order valence-corrected chi connectivity index (χ1v) is 7.51. The van der Waals surface area contributed by atoms with Gasteiger partial charge in [-0.25, -0.2) is 4.39 Å². The highest BCUT2D eigenvalue weighted by atomic mass is 127. The fourth-order valence-electron chi connectivity index (χ4n) is 2.71. The van der Waals surface area contributed by atoms with E-state index in [0.717, 1.165) is 18.1 Å². The molecule has 0 bridgehead atoms. The molecule has 0 amide bonds. The molecule has 0 aromatic heterocycles. The van der Waals surface area contributed by atoms with Gasteiger partial charge in [-0.15, -0.1) is 24.0 Å². The van der Waals surface area contributed by atoms with E-state index in [1.807, 2.05) is 12.1 Å². The lowest BCUT2D eigenvalue weighted by molar-refractivity contribution is -0.0666. The summed E-state index contributed by atoms with van der Waals surface area (Å²) in [6.45, 7) is 10.7. The SMILES string of the molecule is CN=C(NCCc1ccccc1F)N1CC(C)(C)C1(C)C.I. The van der Waals surface area contributed by atoms with Crippen molar-refractivity contribution >= 4 is 29.9 Å². The van der Waals surface area contributed by atoms with Gasteiger partial charge >= 0.3 is 0 Å². The first-order valence-electron chi connectivity index (χ1n) is 7.51. The number of nitrogens with zero attached hydrogens (tertiary/aromatic N) is 2. The normalized spacial score (nSPS) is 19.2. The van der Waals surface area contributed by atoms with Crippen LogP contribution < -0.4 is 5.32 Å². The zero-order chi connectivity index (χ0) is 15.7. The van der Waals surface area contributed by atoms with E-state index < -0.39 is 0 Å². The summed E-state index contributed by atoms with van der Waals surface area (Å²) in [6.07, 6.45) is 0.656. The molecule has 124 valence electrons. The highest BCUT2D eigenvalue weighted by Crippen LogP contribution is 2.46. The monoisotopic (exact) mass is 419 g/mol. The Morgan fingerprint density at radius 1 is 1.27 bits per heavy atom. The van der Waals surface area contributed by atoms with E-state index in [-0.39, 0.29) is 40.7 Å². The number of likely N-dealkylation sites (tertiary alicyclic amines) is 1. The van der Waals surface area contributed by atoms with Crippen LogP contribution in [0.5, 0.6) is 0 Å². The average molecular weight is 419 g/mol. The van der Waals surface area contributed by atoms with Gasteiger partial charge in [0.1, 0.15) is 5.82 Å². The van der Waals surface area contributed by atoms with Gasteiger partial charge in [-0.1, -0.05) is 32.0 Å². The number of hydrogen-bond acceptors (Lipinski definition) is 1. The molecule has 0 aliphatic carbocycles. The van der Waals surface area contributed by atoms with Crippen molar-refractivity contribution in [3.8, 4) is 0 Å². The van der Waals surface area contributed by atoms with E-state index in [2.05, 4.69) is 42.9 Å². The Morgan fingerprint density at radius 3 is 2.41 bits per heavy atom. The summed E-state index contributed by atoms with van der Waals surface area (Å²) in [5.41, 5.74) is 1.09. The number of benzene rings is 1. The molecule has 1 saturated heterocycles. The molecule has 0 unspecified atom stereocenters. The zero-order valence-corrected chi connectivity index (χ0v) is 16.4. The molecule has 1 aliphatic heterocycles. The minimum absolute atomic E-state index is 0. The Hall–Kier alpha value is -0.850. The molecule has 1 aromatic rings. The molecule has 22 heavy (non-hydrogen) atoms. The summed E-state index contributed by atoms with van der Waals surface area (Å²) in [7, 11) is 1.80. The smallest absolute Gasteiger partial charge is 0.194 e. The van der Waals surface area contributed by atoms with Crippen LogP contribution in [0.15, 0.2) is 29.3 Å². The van der Waals surface area contributed by atoms with Gasteiger partial charge in [-0.3, -0.25) is 4.99 Å². The van der Waals surface area contributed by atoms with Crippen LogP contribution in [-0.2, 0) is 6.42 Å². The summed E-state index contributed by atoms with van der Waals surface area (Å²) in [4.78, 5) is 6.65. The minimum Gasteiger partial charge on any atom is -0.356 e. The van der Waals surface area contributed by atoms with Crippen molar-refractivity contribution in [3.05, 3.63) is 35.6 Å². The third-order valence-electron chi connectivity index (χ3n) is 4.99. The standard InChI is InChI=1S/C17H26FN3.HI/c1-16(2)12-21(17(16,3)4)15(19-5)20-11-10-13-8-6-7-9-14(13)18;/h6-9H,10-12H2,1-5H3,(H,19,20);1H. The summed E-state index contributed by atoms with van der Waals surface area (Å²) < 4.78 is 13.6. The molecule has 0 spiro atoms. The molecule has 1 N–H and O–H groups in total. The van der Waals surface area contributed by atoms with Crippen molar-refractivity contribution < 1.29 is 4.39 Å². The molecule has 2 rings (SSSR count). The molecular formula is C17H27FIN3. The van der Waals surface area contributed by atoms with Gasteiger partial charge in [0.25, 0.3) is 0 Å². The molecule has 1 heterocycles. The van der Waals surface area contributed by atoms with Gasteiger partial charge in [0.15, 0.2) is 5.96 Å². The fraction of sp³-hybridized carbons (Fsp3) is 0.588. The largest absolute Gasteiger partial charge is 0.356 e. The van der Waals surface area contributed by atoms with Crippen LogP contribution in [0, 0.1) is 11.2 Å². The number of hydrogen-bond donors (Lipinski definition) is 1. The van der Waals surface area contributed by atoms with E-state index in [0.29, 0.717) is 13.0 Å². The number of guanidine groups is 1. The number of nitrogens with one attached hydrogen (secondary N) is 1. The summed E-state index contributed by atoms with van der Waals surface area (Å²) >= 11 is 0. The van der Waals surface area contributed by atoms with E-state index in [1.54, 1.807) is 13.1 Å². The maximum Gasteiger partial charge on any atom is 0.194 e. The van der Waals surface area contributed by atoms with Crippen molar-refractivity contribution in [3.63, 3.8) is 0 Å². The van der Waals surface area contributed by atoms with Crippen molar-refractivity contribution in [2.24, 2.45) is 10.4 Å². The van der Waals surface area contributed by atoms with E-state index in [4.69, 9.17) is 0 Å². The topological polar surface area (TPSA) is 27.6 Å². The van der Waals surface area contributed by atoms with Gasteiger partial charge in [0.05, 0.1) is 0 Å². The highest BCUT2D eigenvalue weighted by Gasteiger charge is 2.53. The Kier molecular flexibility index (Phi) is 6.24. The van der Waals surface area contributed by atoms with Crippen molar-refractivity contribution in [2.45, 2.75) is 39.7 Å². The number of rotatable bonds is 3. The first kappa shape index (κ1) is 19.2. The predicted octanol–water partition coefficient (Wildman–Crippen LogP) is 3.68. The third kappa shape index (κ3) is 3.55. The Balaban J connectivity index is 0.00000242. The van der Waals surface area contributed by atoms with E-state index in [9.17, 15) is 4.39 Å². The lowest BCUT2D eigenvalue weighted by Gasteiger charge is -2.62. The van der Waals surface area contributed by atoms with Crippen LogP contribution in [0.2, 0.25) is 0 Å². The Bertz CT molecular complexity index is 540. The molecule has 1 aromatic carbocycles.